The van der Waals surface area contributed by atoms with Gasteiger partial charge in [0.05, 0.1) is 5.60 Å². The fraction of sp³-hybridized carbons (Fsp3) is 1.00. The number of hydrogen-bond acceptors (Lipinski definition) is 4. The van der Waals surface area contributed by atoms with Crippen molar-refractivity contribution in [3.8, 4) is 0 Å². The van der Waals surface area contributed by atoms with Crippen LogP contribution in [0, 0.1) is 5.41 Å². The summed E-state index contributed by atoms with van der Waals surface area (Å²) < 4.78 is 22.7. The molecule has 1 aliphatic rings. The Morgan fingerprint density at radius 1 is 1.00 bits per heavy atom. The lowest BCUT2D eigenvalue weighted by Gasteiger charge is -2.47. The summed E-state index contributed by atoms with van der Waals surface area (Å²) in [5, 5.41) is 10.5. The van der Waals surface area contributed by atoms with Crippen LogP contribution < -0.4 is 0 Å². The number of likely N-dealkylation sites (tertiary alicyclic amines) is 1. The third-order valence-electron chi connectivity index (χ3n) is 3.95. The molecule has 0 atom stereocenters. The molecule has 0 amide bonds. The Hall–Kier alpha value is 0.220. The molecule has 1 heterocycles. The van der Waals surface area contributed by atoms with Crippen LogP contribution in [-0.4, -0.2) is 53.8 Å². The van der Waals surface area contributed by atoms with E-state index in [1.54, 1.807) is 0 Å². The minimum atomic E-state index is -4.97. The van der Waals surface area contributed by atoms with E-state index in [4.69, 9.17) is 19.6 Å². The Balaban J connectivity index is 2.93. The highest BCUT2D eigenvalue weighted by atomic mass is 31.2. The highest BCUT2D eigenvalue weighted by Crippen LogP contribution is 2.61. The van der Waals surface area contributed by atoms with E-state index in [1.165, 1.54) is 0 Å². The van der Waals surface area contributed by atoms with Gasteiger partial charge in [-0.3, -0.25) is 14.0 Å². The standard InChI is InChI=1S/C10H23NO7P2/c1-9(2,3)10(12)4-6-11(7-5-10)8(19(13,14)15)20(16,17)18/h8,12H,4-7H2,1-3H3,(H2,13,14,15)(H2,16,17,18). The van der Waals surface area contributed by atoms with Gasteiger partial charge in [0, 0.05) is 13.1 Å². The Labute approximate surface area is 118 Å². The van der Waals surface area contributed by atoms with Gasteiger partial charge >= 0.3 is 15.2 Å². The molecule has 1 rings (SSSR count). The molecule has 0 bridgehead atoms. The van der Waals surface area contributed by atoms with Crippen LogP contribution in [0.3, 0.4) is 0 Å². The van der Waals surface area contributed by atoms with Crippen molar-refractivity contribution in [3.05, 3.63) is 0 Å². The first-order valence-electron chi connectivity index (χ1n) is 6.25. The van der Waals surface area contributed by atoms with E-state index in [1.807, 2.05) is 20.8 Å². The normalized spacial score (nSPS) is 22.2. The first kappa shape index (κ1) is 18.3. The van der Waals surface area contributed by atoms with Crippen molar-refractivity contribution in [1.82, 2.24) is 4.90 Å². The van der Waals surface area contributed by atoms with E-state index in [0.29, 0.717) is 0 Å². The zero-order valence-electron chi connectivity index (χ0n) is 11.8. The van der Waals surface area contributed by atoms with Crippen molar-refractivity contribution in [2.24, 2.45) is 5.41 Å². The Kier molecular flexibility index (Phi) is 4.98. The molecule has 1 saturated heterocycles. The highest BCUT2D eigenvalue weighted by molar-refractivity contribution is 7.70. The molecule has 0 spiro atoms. The molecule has 1 aliphatic heterocycles. The van der Waals surface area contributed by atoms with Crippen molar-refractivity contribution < 1.29 is 33.8 Å². The lowest BCUT2D eigenvalue weighted by Crippen LogP contribution is -2.53. The summed E-state index contributed by atoms with van der Waals surface area (Å²) in [6.07, 6.45) is 0.403. The molecule has 8 nitrogen and oxygen atoms in total. The lowest BCUT2D eigenvalue weighted by atomic mass is 9.71. The molecule has 5 N–H and O–H groups in total. The summed E-state index contributed by atoms with van der Waals surface area (Å²) in [6, 6.07) is 0. The topological polar surface area (TPSA) is 139 Å². The van der Waals surface area contributed by atoms with E-state index in [0.717, 1.165) is 4.90 Å². The Morgan fingerprint density at radius 3 is 1.60 bits per heavy atom. The Bertz CT molecular complexity index is 419. The molecule has 0 radical (unpaired) electrons. The van der Waals surface area contributed by atoms with Gasteiger partial charge in [-0.15, -0.1) is 0 Å². The number of hydrogen-bond donors (Lipinski definition) is 5. The lowest BCUT2D eigenvalue weighted by molar-refractivity contribution is -0.0991. The van der Waals surface area contributed by atoms with Crippen LogP contribution in [0.5, 0.6) is 0 Å². The average molecular weight is 331 g/mol. The van der Waals surface area contributed by atoms with Gasteiger partial charge in [-0.05, 0) is 18.3 Å². The van der Waals surface area contributed by atoms with Crippen LogP contribution in [0.25, 0.3) is 0 Å². The van der Waals surface area contributed by atoms with Gasteiger partial charge in [0.15, 0.2) is 0 Å². The first-order valence-corrected chi connectivity index (χ1v) is 9.62. The van der Waals surface area contributed by atoms with Crippen molar-refractivity contribution >= 4 is 15.2 Å². The van der Waals surface area contributed by atoms with Crippen LogP contribution in [0.1, 0.15) is 33.6 Å². The van der Waals surface area contributed by atoms with Crippen LogP contribution in [0.15, 0.2) is 0 Å². The minimum Gasteiger partial charge on any atom is -0.389 e. The third kappa shape index (κ3) is 3.90. The van der Waals surface area contributed by atoms with Gasteiger partial charge in [0.25, 0.3) is 0 Å². The molecule has 0 aromatic carbocycles. The smallest absolute Gasteiger partial charge is 0.354 e. The highest BCUT2D eigenvalue weighted by Gasteiger charge is 2.51. The van der Waals surface area contributed by atoms with Gasteiger partial charge in [-0.2, -0.15) is 0 Å². The van der Waals surface area contributed by atoms with Crippen molar-refractivity contribution in [2.45, 2.75) is 44.7 Å². The average Bonchev–Trinajstić information content (AvgIpc) is 2.15. The second-order valence-electron chi connectivity index (χ2n) is 6.34. The molecular formula is C10H23NO7P2. The first-order chi connectivity index (χ1) is 8.68. The van der Waals surface area contributed by atoms with Crippen LogP contribution in [-0.2, 0) is 9.13 Å². The zero-order chi connectivity index (χ0) is 16.0. The maximum Gasteiger partial charge on any atom is 0.354 e. The molecule has 0 aliphatic carbocycles. The fourth-order valence-corrected chi connectivity index (χ4v) is 5.38. The predicted molar refractivity (Wildman–Crippen MR) is 73.1 cm³/mol. The molecule has 0 aromatic heterocycles. The van der Waals surface area contributed by atoms with Gasteiger partial charge < -0.3 is 24.7 Å². The second kappa shape index (κ2) is 5.45. The van der Waals surface area contributed by atoms with E-state index in [-0.39, 0.29) is 25.9 Å². The van der Waals surface area contributed by atoms with Gasteiger partial charge in [-0.25, -0.2) is 0 Å². The van der Waals surface area contributed by atoms with Crippen molar-refractivity contribution in [3.63, 3.8) is 0 Å². The minimum absolute atomic E-state index is 0.0225. The predicted octanol–water partition coefficient (Wildman–Crippen LogP) is 0.498. The fourth-order valence-electron chi connectivity index (χ4n) is 2.50. The SMILES string of the molecule is CC(C)(C)C1(O)CCN(C(P(=O)(O)O)P(=O)(O)O)CC1. The Morgan fingerprint density at radius 2 is 1.35 bits per heavy atom. The van der Waals surface area contributed by atoms with E-state index in [9.17, 15) is 14.2 Å². The van der Waals surface area contributed by atoms with Gasteiger partial charge in [0.2, 0.25) is 5.52 Å². The number of nitrogens with zero attached hydrogens (tertiary/aromatic N) is 1. The van der Waals surface area contributed by atoms with Gasteiger partial charge in [-0.1, -0.05) is 20.8 Å². The number of rotatable bonds is 3. The molecule has 1 fully saturated rings. The van der Waals surface area contributed by atoms with E-state index in [2.05, 4.69) is 0 Å². The van der Waals surface area contributed by atoms with Crippen LogP contribution >= 0.6 is 15.2 Å². The molecular weight excluding hydrogens is 308 g/mol. The molecule has 0 aromatic rings. The summed E-state index contributed by atoms with van der Waals surface area (Å²) in [5.74, 6) is 0. The van der Waals surface area contributed by atoms with E-state index < -0.39 is 31.7 Å². The summed E-state index contributed by atoms with van der Waals surface area (Å²) >= 11 is 0. The third-order valence-corrected chi connectivity index (χ3v) is 7.61. The number of aliphatic hydroxyl groups is 1. The summed E-state index contributed by atoms with van der Waals surface area (Å²) in [5.41, 5.74) is -3.56. The quantitative estimate of drug-likeness (QED) is 0.471. The monoisotopic (exact) mass is 331 g/mol. The summed E-state index contributed by atoms with van der Waals surface area (Å²) in [7, 11) is -9.93. The largest absolute Gasteiger partial charge is 0.389 e. The molecule has 120 valence electrons. The maximum atomic E-state index is 11.3. The van der Waals surface area contributed by atoms with Crippen LogP contribution in [0.2, 0.25) is 0 Å². The molecule has 0 unspecified atom stereocenters. The van der Waals surface area contributed by atoms with Gasteiger partial charge in [0.1, 0.15) is 0 Å². The molecule has 0 saturated carbocycles. The second-order valence-corrected chi connectivity index (χ2v) is 10.1. The van der Waals surface area contributed by atoms with Crippen molar-refractivity contribution in [2.75, 3.05) is 13.1 Å². The molecule has 20 heavy (non-hydrogen) atoms. The van der Waals surface area contributed by atoms with E-state index >= 15 is 0 Å². The summed E-state index contributed by atoms with van der Waals surface area (Å²) in [4.78, 5) is 37.8. The van der Waals surface area contributed by atoms with Crippen molar-refractivity contribution in [1.29, 1.82) is 0 Å². The maximum absolute atomic E-state index is 11.3. The zero-order valence-corrected chi connectivity index (χ0v) is 13.6. The van der Waals surface area contributed by atoms with Crippen LogP contribution in [0.4, 0.5) is 0 Å². The summed E-state index contributed by atoms with van der Waals surface area (Å²) in [6.45, 7) is 5.60. The molecule has 10 heteroatoms. The number of piperidine rings is 1.